The number of carbonyl (C=O) groups is 1. The smallest absolute Gasteiger partial charge is 0.296 e. The Labute approximate surface area is 244 Å². The SMILES string of the molecule is O=C(CCN1CCCCC1)NC1CCC(Nc2nc(N3CCOCC3)cc(-n3c(C(F)F)nc4ccccc43)n2)CC1. The maximum atomic E-state index is 14.1. The summed E-state index contributed by atoms with van der Waals surface area (Å²) in [5, 5.41) is 6.71. The minimum atomic E-state index is -2.76. The first-order valence-corrected chi connectivity index (χ1v) is 15.3. The molecule has 2 aliphatic heterocycles. The van der Waals surface area contributed by atoms with Crippen molar-refractivity contribution in [3.63, 3.8) is 0 Å². The molecule has 1 aromatic carbocycles. The van der Waals surface area contributed by atoms with Crippen LogP contribution in [0.5, 0.6) is 0 Å². The second-order valence-corrected chi connectivity index (χ2v) is 11.5. The van der Waals surface area contributed by atoms with Crippen LogP contribution in [0.1, 0.15) is 63.6 Å². The molecule has 10 nitrogen and oxygen atoms in total. The van der Waals surface area contributed by atoms with E-state index in [1.54, 1.807) is 24.3 Å². The number of piperidine rings is 1. The number of fused-ring (bicyclic) bond motifs is 1. The lowest BCUT2D eigenvalue weighted by Crippen LogP contribution is -2.42. The van der Waals surface area contributed by atoms with Crippen LogP contribution in [0.4, 0.5) is 20.5 Å². The van der Waals surface area contributed by atoms with Crippen molar-refractivity contribution >= 4 is 28.7 Å². The average molecular weight is 583 g/mol. The molecule has 0 atom stereocenters. The summed E-state index contributed by atoms with van der Waals surface area (Å²) in [6, 6.07) is 9.14. The largest absolute Gasteiger partial charge is 0.378 e. The Kier molecular flexibility index (Phi) is 9.09. The molecule has 42 heavy (non-hydrogen) atoms. The third kappa shape index (κ3) is 6.81. The number of carbonyl (C=O) groups excluding carboxylic acids is 1. The molecule has 3 aromatic rings. The van der Waals surface area contributed by atoms with Gasteiger partial charge in [-0.1, -0.05) is 18.6 Å². The van der Waals surface area contributed by atoms with Gasteiger partial charge in [-0.3, -0.25) is 9.36 Å². The van der Waals surface area contributed by atoms with Crippen molar-refractivity contribution in [1.29, 1.82) is 0 Å². The number of para-hydroxylation sites is 2. The molecule has 2 saturated heterocycles. The summed E-state index contributed by atoms with van der Waals surface area (Å²) in [7, 11) is 0. The lowest BCUT2D eigenvalue weighted by molar-refractivity contribution is -0.122. The highest BCUT2D eigenvalue weighted by Gasteiger charge is 2.26. The minimum Gasteiger partial charge on any atom is -0.378 e. The highest BCUT2D eigenvalue weighted by molar-refractivity contribution is 5.78. The molecule has 1 aliphatic carbocycles. The van der Waals surface area contributed by atoms with Crippen molar-refractivity contribution < 1.29 is 18.3 Å². The molecule has 3 aliphatic rings. The Morgan fingerprint density at radius 2 is 1.64 bits per heavy atom. The summed E-state index contributed by atoms with van der Waals surface area (Å²) in [5.41, 5.74) is 1.06. The van der Waals surface area contributed by atoms with E-state index in [1.807, 2.05) is 6.07 Å². The number of ether oxygens (including phenoxy) is 1. The first kappa shape index (κ1) is 28.7. The van der Waals surface area contributed by atoms with E-state index >= 15 is 0 Å². The Balaban J connectivity index is 1.15. The van der Waals surface area contributed by atoms with Crippen LogP contribution in [0.25, 0.3) is 16.9 Å². The van der Waals surface area contributed by atoms with E-state index in [4.69, 9.17) is 14.7 Å². The molecule has 1 saturated carbocycles. The van der Waals surface area contributed by atoms with Crippen LogP contribution in [0.3, 0.4) is 0 Å². The van der Waals surface area contributed by atoms with Gasteiger partial charge in [-0.05, 0) is 63.7 Å². The van der Waals surface area contributed by atoms with Crippen molar-refractivity contribution in [2.45, 2.75) is 69.9 Å². The number of benzene rings is 1. The molecule has 4 heterocycles. The number of morpholine rings is 1. The Morgan fingerprint density at radius 3 is 2.40 bits per heavy atom. The van der Waals surface area contributed by atoms with Gasteiger partial charge in [0.25, 0.3) is 6.43 Å². The molecule has 0 spiro atoms. The number of nitrogens with one attached hydrogen (secondary N) is 2. The quantitative estimate of drug-likeness (QED) is 0.385. The Bertz CT molecular complexity index is 1350. The highest BCUT2D eigenvalue weighted by Crippen LogP contribution is 2.30. The van der Waals surface area contributed by atoms with Gasteiger partial charge >= 0.3 is 0 Å². The van der Waals surface area contributed by atoms with Gasteiger partial charge in [0.05, 0.1) is 24.2 Å². The first-order valence-electron chi connectivity index (χ1n) is 15.3. The van der Waals surface area contributed by atoms with Crippen molar-refractivity contribution in [2.75, 3.05) is 56.2 Å². The van der Waals surface area contributed by atoms with Crippen LogP contribution in [0.2, 0.25) is 0 Å². The molecular formula is C30H40F2N8O2. The molecule has 0 unspecified atom stereocenters. The van der Waals surface area contributed by atoms with Gasteiger partial charge in [0.2, 0.25) is 11.9 Å². The normalized spacial score (nSPS) is 22.0. The van der Waals surface area contributed by atoms with Gasteiger partial charge in [0, 0.05) is 44.2 Å². The molecular weight excluding hydrogens is 542 g/mol. The van der Waals surface area contributed by atoms with Gasteiger partial charge in [-0.2, -0.15) is 9.97 Å². The van der Waals surface area contributed by atoms with Crippen molar-refractivity contribution in [1.82, 2.24) is 29.7 Å². The number of hydrogen-bond donors (Lipinski definition) is 2. The topological polar surface area (TPSA) is 100 Å². The summed E-state index contributed by atoms with van der Waals surface area (Å²) in [6.07, 6.45) is 4.98. The maximum absolute atomic E-state index is 14.1. The minimum absolute atomic E-state index is 0.119. The lowest BCUT2D eigenvalue weighted by atomic mass is 9.91. The summed E-state index contributed by atoms with van der Waals surface area (Å²) in [4.78, 5) is 30.8. The second-order valence-electron chi connectivity index (χ2n) is 11.5. The second kappa shape index (κ2) is 13.3. The van der Waals surface area contributed by atoms with Crippen LogP contribution in [-0.2, 0) is 9.53 Å². The van der Waals surface area contributed by atoms with E-state index < -0.39 is 6.43 Å². The number of nitrogens with zero attached hydrogens (tertiary/aromatic N) is 6. The fourth-order valence-electron chi connectivity index (χ4n) is 6.29. The zero-order chi connectivity index (χ0) is 28.9. The number of imidazole rings is 1. The van der Waals surface area contributed by atoms with E-state index in [-0.39, 0.29) is 23.8 Å². The fraction of sp³-hybridized carbons (Fsp3) is 0.600. The number of likely N-dealkylation sites (tertiary alicyclic amines) is 1. The van der Waals surface area contributed by atoms with Gasteiger partial charge in [0.1, 0.15) is 11.6 Å². The summed E-state index contributed by atoms with van der Waals surface area (Å²) in [6.45, 7) is 5.50. The van der Waals surface area contributed by atoms with E-state index in [9.17, 15) is 13.6 Å². The fourth-order valence-corrected chi connectivity index (χ4v) is 6.29. The monoisotopic (exact) mass is 582 g/mol. The molecule has 12 heteroatoms. The molecule has 0 radical (unpaired) electrons. The maximum Gasteiger partial charge on any atom is 0.296 e. The third-order valence-corrected chi connectivity index (χ3v) is 8.57. The number of rotatable bonds is 9. The van der Waals surface area contributed by atoms with E-state index in [0.717, 1.165) is 45.3 Å². The summed E-state index contributed by atoms with van der Waals surface area (Å²) < 4.78 is 35.3. The van der Waals surface area contributed by atoms with Gasteiger partial charge in [0.15, 0.2) is 5.82 Å². The van der Waals surface area contributed by atoms with E-state index in [2.05, 4.69) is 25.4 Å². The van der Waals surface area contributed by atoms with Crippen LogP contribution < -0.4 is 15.5 Å². The van der Waals surface area contributed by atoms with Crippen molar-refractivity contribution in [2.24, 2.45) is 0 Å². The predicted molar refractivity (Wildman–Crippen MR) is 157 cm³/mol. The summed E-state index contributed by atoms with van der Waals surface area (Å²) in [5.74, 6) is 1.21. The average Bonchev–Trinajstić information content (AvgIpc) is 3.42. The van der Waals surface area contributed by atoms with Crippen LogP contribution in [0, 0.1) is 0 Å². The predicted octanol–water partition coefficient (Wildman–Crippen LogP) is 4.31. The number of amides is 1. The van der Waals surface area contributed by atoms with Gasteiger partial charge in [-0.15, -0.1) is 0 Å². The van der Waals surface area contributed by atoms with Gasteiger partial charge < -0.3 is 25.2 Å². The van der Waals surface area contributed by atoms with Gasteiger partial charge in [-0.25, -0.2) is 13.8 Å². The van der Waals surface area contributed by atoms with Crippen LogP contribution in [0.15, 0.2) is 30.3 Å². The number of aromatic nitrogens is 4. The number of halogens is 2. The van der Waals surface area contributed by atoms with Crippen molar-refractivity contribution in [3.05, 3.63) is 36.2 Å². The number of alkyl halides is 2. The van der Waals surface area contributed by atoms with Crippen LogP contribution >= 0.6 is 0 Å². The van der Waals surface area contributed by atoms with Crippen molar-refractivity contribution in [3.8, 4) is 5.82 Å². The zero-order valence-corrected chi connectivity index (χ0v) is 24.0. The first-order chi connectivity index (χ1) is 20.5. The molecule has 226 valence electrons. The van der Waals surface area contributed by atoms with E-state index in [0.29, 0.717) is 61.3 Å². The number of hydrogen-bond acceptors (Lipinski definition) is 8. The Morgan fingerprint density at radius 1 is 0.929 bits per heavy atom. The molecule has 3 fully saturated rings. The summed E-state index contributed by atoms with van der Waals surface area (Å²) >= 11 is 0. The molecule has 6 rings (SSSR count). The molecule has 2 aromatic heterocycles. The van der Waals surface area contributed by atoms with Crippen LogP contribution in [-0.4, -0.2) is 88.3 Å². The molecule has 2 N–H and O–H groups in total. The standard InChI is InChI=1S/C30H40F2N8O2/c31-28(32)29-35-23-6-2-3-7-24(23)40(29)26-20-25(39-16-18-42-19-17-39)36-30(37-26)34-22-10-8-21(9-11-22)33-27(41)12-15-38-13-4-1-5-14-38/h2-3,6-7,20-22,28H,1,4-5,8-19H2,(H,33,41)(H,34,36,37). The molecule has 1 amide bonds. The highest BCUT2D eigenvalue weighted by atomic mass is 19.3. The Hall–Kier alpha value is -3.38. The van der Waals surface area contributed by atoms with E-state index in [1.165, 1.54) is 23.8 Å². The lowest BCUT2D eigenvalue weighted by Gasteiger charge is -2.31. The number of anilines is 2. The third-order valence-electron chi connectivity index (χ3n) is 8.57. The molecule has 0 bridgehead atoms. The zero-order valence-electron chi connectivity index (χ0n) is 24.0.